The topological polar surface area (TPSA) is 137 Å². The van der Waals surface area contributed by atoms with Crippen LogP contribution in [0.25, 0.3) is 0 Å². The summed E-state index contributed by atoms with van der Waals surface area (Å²) >= 11 is 0. The van der Waals surface area contributed by atoms with Crippen molar-refractivity contribution >= 4 is 33.3 Å². The largest absolute Gasteiger partial charge is 0.495 e. The molecule has 0 spiro atoms. The van der Waals surface area contributed by atoms with Crippen LogP contribution in [0.15, 0.2) is 41.3 Å². The molecule has 0 radical (unpaired) electrons. The molecule has 1 aliphatic heterocycles. The van der Waals surface area contributed by atoms with Crippen molar-refractivity contribution in [1.82, 2.24) is 4.31 Å². The molecule has 3 N–H and O–H groups in total. The maximum absolute atomic E-state index is 13.1. The van der Waals surface area contributed by atoms with Crippen LogP contribution < -0.4 is 15.8 Å². The Morgan fingerprint density at radius 2 is 1.91 bits per heavy atom. The van der Waals surface area contributed by atoms with Gasteiger partial charge in [-0.25, -0.2) is 17.6 Å². The average molecular weight is 467 g/mol. The minimum absolute atomic E-state index is 0.0810. The molecule has 32 heavy (non-hydrogen) atoms. The number of hydrogen-bond acceptors (Lipinski definition) is 8. The quantitative estimate of drug-likeness (QED) is 0.458. The average Bonchev–Trinajstić information content (AvgIpc) is 2.78. The van der Waals surface area contributed by atoms with E-state index in [1.807, 2.05) is 0 Å². The summed E-state index contributed by atoms with van der Waals surface area (Å²) in [6, 6.07) is 7.28. The van der Waals surface area contributed by atoms with E-state index in [-0.39, 0.29) is 53.9 Å². The van der Waals surface area contributed by atoms with Crippen molar-refractivity contribution < 1.29 is 36.6 Å². The lowest BCUT2D eigenvalue weighted by atomic mass is 10.2. The van der Waals surface area contributed by atoms with E-state index >= 15 is 0 Å². The van der Waals surface area contributed by atoms with E-state index in [0.29, 0.717) is 0 Å². The van der Waals surface area contributed by atoms with E-state index in [2.05, 4.69) is 5.32 Å². The fourth-order valence-corrected chi connectivity index (χ4v) is 4.60. The van der Waals surface area contributed by atoms with Crippen molar-refractivity contribution in [2.24, 2.45) is 0 Å². The molecule has 2 aromatic rings. The summed E-state index contributed by atoms with van der Waals surface area (Å²) in [6.07, 6.45) is 0. The lowest BCUT2D eigenvalue weighted by Gasteiger charge is -2.26. The van der Waals surface area contributed by atoms with Gasteiger partial charge in [0.25, 0.3) is 5.91 Å². The van der Waals surface area contributed by atoms with Crippen LogP contribution in [0, 0.1) is 5.82 Å². The number of sulfonamides is 1. The van der Waals surface area contributed by atoms with Crippen LogP contribution in [-0.4, -0.2) is 64.6 Å². The monoisotopic (exact) mass is 467 g/mol. The van der Waals surface area contributed by atoms with Crippen molar-refractivity contribution in [2.75, 3.05) is 51.1 Å². The summed E-state index contributed by atoms with van der Waals surface area (Å²) in [6.45, 7) is 0.298. The van der Waals surface area contributed by atoms with Gasteiger partial charge in [-0.15, -0.1) is 0 Å². The van der Waals surface area contributed by atoms with E-state index in [9.17, 15) is 22.4 Å². The minimum atomic E-state index is -3.89. The van der Waals surface area contributed by atoms with E-state index in [4.69, 9.17) is 19.9 Å². The molecule has 0 aromatic heterocycles. The van der Waals surface area contributed by atoms with Crippen LogP contribution in [0.1, 0.15) is 10.4 Å². The molecule has 12 heteroatoms. The first-order chi connectivity index (χ1) is 15.2. The number of nitrogens with one attached hydrogen (secondary N) is 1. The predicted octanol–water partition coefficient (Wildman–Crippen LogP) is 1.23. The second-order valence-electron chi connectivity index (χ2n) is 6.74. The van der Waals surface area contributed by atoms with Crippen LogP contribution in [-0.2, 0) is 24.3 Å². The number of morpholine rings is 1. The highest BCUT2D eigenvalue weighted by Crippen LogP contribution is 2.30. The highest BCUT2D eigenvalue weighted by atomic mass is 32.2. The van der Waals surface area contributed by atoms with Crippen LogP contribution in [0.4, 0.5) is 15.8 Å². The van der Waals surface area contributed by atoms with E-state index in [1.54, 1.807) is 0 Å². The molecule has 3 rings (SSSR count). The molecule has 2 aromatic carbocycles. The Balaban J connectivity index is 1.70. The van der Waals surface area contributed by atoms with Crippen LogP contribution in [0.2, 0.25) is 0 Å². The van der Waals surface area contributed by atoms with Crippen molar-refractivity contribution in [2.45, 2.75) is 4.90 Å². The van der Waals surface area contributed by atoms with Gasteiger partial charge in [0.05, 0.1) is 25.9 Å². The zero-order valence-electron chi connectivity index (χ0n) is 17.2. The molecule has 172 valence electrons. The number of benzene rings is 2. The number of carbonyl (C=O) groups excluding carboxylic acids is 2. The Kier molecular flexibility index (Phi) is 7.28. The molecule has 0 aliphatic carbocycles. The van der Waals surface area contributed by atoms with Gasteiger partial charge in [0.2, 0.25) is 10.0 Å². The maximum Gasteiger partial charge on any atom is 0.340 e. The number of esters is 1. The van der Waals surface area contributed by atoms with Gasteiger partial charge in [-0.2, -0.15) is 4.31 Å². The molecule has 1 saturated heterocycles. The third kappa shape index (κ3) is 5.33. The fraction of sp³-hybridized carbons (Fsp3) is 0.300. The van der Waals surface area contributed by atoms with Crippen molar-refractivity contribution in [3.63, 3.8) is 0 Å². The van der Waals surface area contributed by atoms with E-state index in [0.717, 1.165) is 18.2 Å². The Bertz CT molecular complexity index is 1120. The molecule has 0 unspecified atom stereocenters. The van der Waals surface area contributed by atoms with Crippen molar-refractivity contribution in [1.29, 1.82) is 0 Å². The van der Waals surface area contributed by atoms with Gasteiger partial charge in [0.1, 0.15) is 16.5 Å². The normalized spacial score (nSPS) is 14.6. The summed E-state index contributed by atoms with van der Waals surface area (Å²) in [5.74, 6) is -2.10. The summed E-state index contributed by atoms with van der Waals surface area (Å²) in [5.41, 5.74) is 5.54. The summed E-state index contributed by atoms with van der Waals surface area (Å²) in [5, 5.41) is 2.47. The Morgan fingerprint density at radius 3 is 2.56 bits per heavy atom. The molecular weight excluding hydrogens is 445 g/mol. The van der Waals surface area contributed by atoms with Gasteiger partial charge < -0.3 is 25.3 Å². The van der Waals surface area contributed by atoms with Crippen LogP contribution >= 0.6 is 0 Å². The molecule has 1 heterocycles. The number of nitrogens with two attached hydrogens (primary N) is 1. The number of methoxy groups -OCH3 is 1. The Labute approximate surface area is 184 Å². The number of nitrogen functional groups attached to an aromatic ring is 1. The summed E-state index contributed by atoms with van der Waals surface area (Å²) in [7, 11) is -2.55. The van der Waals surface area contributed by atoms with E-state index < -0.39 is 34.3 Å². The van der Waals surface area contributed by atoms with Crippen LogP contribution in [0.3, 0.4) is 0 Å². The van der Waals surface area contributed by atoms with E-state index in [1.165, 1.54) is 29.6 Å². The Morgan fingerprint density at radius 1 is 1.19 bits per heavy atom. The Hall–Kier alpha value is -3.22. The number of amides is 1. The number of hydrogen-bond donors (Lipinski definition) is 2. The van der Waals surface area contributed by atoms with Gasteiger partial charge in [-0.05, 0) is 36.4 Å². The first-order valence-electron chi connectivity index (χ1n) is 9.50. The number of carbonyl (C=O) groups is 2. The smallest absolute Gasteiger partial charge is 0.340 e. The molecule has 1 amide bonds. The zero-order valence-corrected chi connectivity index (χ0v) is 18.0. The second-order valence-corrected chi connectivity index (χ2v) is 8.64. The fourth-order valence-electron chi connectivity index (χ4n) is 3.01. The summed E-state index contributed by atoms with van der Waals surface area (Å²) in [4.78, 5) is 24.2. The lowest BCUT2D eigenvalue weighted by molar-refractivity contribution is -0.119. The molecule has 1 aliphatic rings. The third-order valence-electron chi connectivity index (χ3n) is 4.60. The van der Waals surface area contributed by atoms with Gasteiger partial charge in [-0.1, -0.05) is 0 Å². The van der Waals surface area contributed by atoms with Gasteiger partial charge in [0, 0.05) is 24.5 Å². The standard InChI is InChI=1S/C20H22FN3O7S/c1-29-17-5-3-14(11-18(17)32(27,28)24-6-8-30-9-7-24)23-19(25)12-31-20(26)15-4-2-13(21)10-16(15)22/h2-5,10-11H,6-9,12,22H2,1H3,(H,23,25). The van der Waals surface area contributed by atoms with Crippen molar-refractivity contribution in [3.8, 4) is 5.75 Å². The number of halogens is 1. The predicted molar refractivity (Wildman–Crippen MR) is 112 cm³/mol. The lowest BCUT2D eigenvalue weighted by Crippen LogP contribution is -2.40. The minimum Gasteiger partial charge on any atom is -0.495 e. The van der Waals surface area contributed by atoms with Crippen molar-refractivity contribution in [3.05, 3.63) is 47.8 Å². The molecule has 1 fully saturated rings. The molecule has 10 nitrogen and oxygen atoms in total. The first kappa shape index (κ1) is 23.4. The second kappa shape index (κ2) is 9.94. The SMILES string of the molecule is COc1ccc(NC(=O)COC(=O)c2ccc(F)cc2N)cc1S(=O)(=O)N1CCOCC1. The molecule has 0 bridgehead atoms. The highest BCUT2D eigenvalue weighted by molar-refractivity contribution is 7.89. The van der Waals surface area contributed by atoms with Gasteiger partial charge in [-0.3, -0.25) is 4.79 Å². The zero-order chi connectivity index (χ0) is 23.3. The summed E-state index contributed by atoms with van der Waals surface area (Å²) < 4.78 is 55.6. The van der Waals surface area contributed by atoms with Gasteiger partial charge >= 0.3 is 5.97 Å². The first-order valence-corrected chi connectivity index (χ1v) is 10.9. The number of anilines is 2. The van der Waals surface area contributed by atoms with Crippen LogP contribution in [0.5, 0.6) is 5.75 Å². The number of rotatable bonds is 7. The number of ether oxygens (including phenoxy) is 3. The molecule has 0 atom stereocenters. The van der Waals surface area contributed by atoms with Gasteiger partial charge in [0.15, 0.2) is 6.61 Å². The molecular formula is C20H22FN3O7S. The number of nitrogens with zero attached hydrogens (tertiary/aromatic N) is 1. The highest BCUT2D eigenvalue weighted by Gasteiger charge is 2.29. The maximum atomic E-state index is 13.1. The third-order valence-corrected chi connectivity index (χ3v) is 6.52. The molecule has 0 saturated carbocycles.